The van der Waals surface area contributed by atoms with Crippen molar-refractivity contribution in [3.05, 3.63) is 10.6 Å². The lowest BCUT2D eigenvalue weighted by Gasteiger charge is -1.99. The Labute approximate surface area is 79.0 Å². The van der Waals surface area contributed by atoms with Crippen LogP contribution in [0.15, 0.2) is 20.9 Å². The molecule has 13 heavy (non-hydrogen) atoms. The Morgan fingerprint density at radius 2 is 2.46 bits per heavy atom. The van der Waals surface area contributed by atoms with Crippen molar-refractivity contribution in [1.82, 2.24) is 4.41 Å². The van der Waals surface area contributed by atoms with Crippen LogP contribution in [0.4, 0.5) is 0 Å². The molecule has 1 rings (SSSR count). The molecule has 6 nitrogen and oxygen atoms in total. The minimum atomic E-state index is -0.695. The van der Waals surface area contributed by atoms with Crippen molar-refractivity contribution in [2.45, 2.75) is 0 Å². The van der Waals surface area contributed by atoms with E-state index in [1.165, 1.54) is 11.5 Å². The molecular weight excluding hydrogens is 192 g/mol. The van der Waals surface area contributed by atoms with E-state index in [2.05, 4.69) is 15.1 Å². The second-order valence-electron chi connectivity index (χ2n) is 2.03. The second-order valence-corrected chi connectivity index (χ2v) is 3.13. The Balaban J connectivity index is 2.96. The first-order chi connectivity index (χ1) is 6.19. The number of carbonyl (C=O) groups is 1. The molecule has 0 radical (unpaired) electrons. The molecule has 0 fully saturated rings. The maximum absolute atomic E-state index is 11.0. The molecule has 0 atom stereocenters. The second kappa shape index (κ2) is 3.91. The highest BCUT2D eigenvalue weighted by Crippen LogP contribution is 2.30. The molecule has 0 unspecified atom stereocenters. The van der Waals surface area contributed by atoms with Crippen LogP contribution in [0.5, 0.6) is 0 Å². The Hall–Kier alpha value is -1.55. The zero-order valence-electron chi connectivity index (χ0n) is 7.01. The fourth-order valence-electron chi connectivity index (χ4n) is 0.644. The monoisotopic (exact) mass is 198 g/mol. The van der Waals surface area contributed by atoms with Crippen LogP contribution in [0.3, 0.4) is 0 Å². The minimum absolute atomic E-state index is 0.124. The number of methoxy groups -OCH3 is 1. The van der Waals surface area contributed by atoms with Gasteiger partial charge < -0.3 is 4.74 Å². The first-order valence-electron chi connectivity index (χ1n) is 3.25. The highest BCUT2D eigenvalue weighted by Gasteiger charge is 2.21. The largest absolute Gasteiger partial charge is 0.465 e. The molecule has 0 bridgehead atoms. The Bertz CT molecular complexity index is 330. The van der Waals surface area contributed by atoms with E-state index in [9.17, 15) is 4.79 Å². The lowest BCUT2D eigenvalue weighted by atomic mass is 10.3. The van der Waals surface area contributed by atoms with Gasteiger partial charge in [0.1, 0.15) is 6.07 Å². The van der Waals surface area contributed by atoms with Crippen LogP contribution in [0.2, 0.25) is 0 Å². The molecule has 7 heteroatoms. The van der Waals surface area contributed by atoms with Gasteiger partial charge in [0.2, 0.25) is 0 Å². The average Bonchev–Trinajstić information content (AvgIpc) is 2.53. The number of ether oxygens (including phenoxy) is 1. The van der Waals surface area contributed by atoms with E-state index in [4.69, 9.17) is 5.26 Å². The molecule has 0 aromatic heterocycles. The summed E-state index contributed by atoms with van der Waals surface area (Å²) in [4.78, 5) is 11.0. The molecule has 0 aromatic carbocycles. The SMILES string of the molecule is COC(=O)/C(C#N)=C1\N=NN(C)S1. The molecule has 1 heterocycles. The lowest BCUT2D eigenvalue weighted by Crippen LogP contribution is -2.04. The van der Waals surface area contributed by atoms with Gasteiger partial charge in [-0.15, -0.1) is 5.11 Å². The number of nitrogens with zero attached hydrogens (tertiary/aromatic N) is 4. The standard InChI is InChI=1S/C6H6N4O2S/c1-10-9-8-5(13-10)4(3-7)6(11)12-2/h1-2H3/b5-4+. The van der Waals surface area contributed by atoms with Gasteiger partial charge in [-0.3, -0.25) is 0 Å². The van der Waals surface area contributed by atoms with Crippen LogP contribution in [0, 0.1) is 11.3 Å². The molecule has 0 aromatic rings. The first kappa shape index (κ1) is 9.54. The Kier molecular flexibility index (Phi) is 2.87. The quantitative estimate of drug-likeness (QED) is 0.270. The van der Waals surface area contributed by atoms with Crippen molar-refractivity contribution in [2.24, 2.45) is 10.3 Å². The highest BCUT2D eigenvalue weighted by atomic mass is 32.2. The van der Waals surface area contributed by atoms with Gasteiger partial charge in [0.05, 0.1) is 7.11 Å². The van der Waals surface area contributed by atoms with Gasteiger partial charge in [0.15, 0.2) is 10.6 Å². The number of rotatable bonds is 1. The fourth-order valence-corrected chi connectivity index (χ4v) is 1.26. The van der Waals surface area contributed by atoms with Gasteiger partial charge in [-0.2, -0.15) is 5.26 Å². The normalized spacial score (nSPS) is 18.4. The lowest BCUT2D eigenvalue weighted by molar-refractivity contribution is -0.135. The summed E-state index contributed by atoms with van der Waals surface area (Å²) in [7, 11) is 2.87. The zero-order chi connectivity index (χ0) is 9.84. The van der Waals surface area contributed by atoms with E-state index in [-0.39, 0.29) is 10.6 Å². The van der Waals surface area contributed by atoms with Gasteiger partial charge in [0.25, 0.3) is 0 Å². The van der Waals surface area contributed by atoms with E-state index in [0.29, 0.717) is 0 Å². The minimum Gasteiger partial charge on any atom is -0.465 e. The molecule has 1 aliphatic rings. The molecule has 0 amide bonds. The number of hydrogen-bond acceptors (Lipinski definition) is 7. The van der Waals surface area contributed by atoms with Crippen LogP contribution < -0.4 is 0 Å². The maximum Gasteiger partial charge on any atom is 0.351 e. The van der Waals surface area contributed by atoms with Crippen LogP contribution in [0.25, 0.3) is 0 Å². The van der Waals surface area contributed by atoms with E-state index in [1.807, 2.05) is 0 Å². The van der Waals surface area contributed by atoms with E-state index >= 15 is 0 Å². The van der Waals surface area contributed by atoms with Gasteiger partial charge in [0, 0.05) is 19.0 Å². The van der Waals surface area contributed by atoms with Crippen LogP contribution in [-0.2, 0) is 9.53 Å². The first-order valence-corrected chi connectivity index (χ1v) is 4.02. The maximum atomic E-state index is 11.0. The predicted molar refractivity (Wildman–Crippen MR) is 44.9 cm³/mol. The van der Waals surface area contributed by atoms with Gasteiger partial charge in [-0.1, -0.05) is 5.22 Å². The molecule has 0 saturated carbocycles. The summed E-state index contributed by atoms with van der Waals surface area (Å²) in [5, 5.41) is 16.1. The van der Waals surface area contributed by atoms with Crippen LogP contribution in [-0.4, -0.2) is 24.5 Å². The predicted octanol–water partition coefficient (Wildman–Crippen LogP) is 0.855. The van der Waals surface area contributed by atoms with Crippen molar-refractivity contribution in [2.75, 3.05) is 14.2 Å². The molecule has 0 N–H and O–H groups in total. The summed E-state index contributed by atoms with van der Waals surface area (Å²) >= 11 is 1.10. The van der Waals surface area contributed by atoms with Crippen molar-refractivity contribution >= 4 is 17.9 Å². The number of hydrogen-bond donors (Lipinski definition) is 0. The van der Waals surface area contributed by atoms with Crippen LogP contribution in [0.1, 0.15) is 0 Å². The molecule has 0 spiro atoms. The van der Waals surface area contributed by atoms with Crippen molar-refractivity contribution in [1.29, 1.82) is 5.26 Å². The summed E-state index contributed by atoms with van der Waals surface area (Å²) < 4.78 is 5.84. The Morgan fingerprint density at radius 1 is 1.77 bits per heavy atom. The third-order valence-corrected chi connectivity index (χ3v) is 1.99. The van der Waals surface area contributed by atoms with Crippen molar-refractivity contribution in [3.63, 3.8) is 0 Å². The van der Waals surface area contributed by atoms with E-state index in [0.717, 1.165) is 11.9 Å². The fraction of sp³-hybridized carbons (Fsp3) is 0.333. The molecule has 0 aliphatic carbocycles. The summed E-state index contributed by atoms with van der Waals surface area (Å²) in [6.45, 7) is 0. The summed E-state index contributed by atoms with van der Waals surface area (Å²) in [5.74, 6) is -0.695. The summed E-state index contributed by atoms with van der Waals surface area (Å²) in [6.07, 6.45) is 0. The summed E-state index contributed by atoms with van der Waals surface area (Å²) in [5.41, 5.74) is -0.124. The summed E-state index contributed by atoms with van der Waals surface area (Å²) in [6, 6.07) is 1.72. The van der Waals surface area contributed by atoms with Crippen LogP contribution >= 0.6 is 11.9 Å². The van der Waals surface area contributed by atoms with E-state index < -0.39 is 5.97 Å². The third kappa shape index (κ3) is 1.97. The van der Waals surface area contributed by atoms with Gasteiger partial charge in [-0.25, -0.2) is 9.21 Å². The number of esters is 1. The topological polar surface area (TPSA) is 78.0 Å². The van der Waals surface area contributed by atoms with Gasteiger partial charge in [-0.05, 0) is 0 Å². The molecular formula is C6H6N4O2S. The van der Waals surface area contributed by atoms with E-state index in [1.54, 1.807) is 13.1 Å². The molecule has 68 valence electrons. The molecule has 0 saturated heterocycles. The van der Waals surface area contributed by atoms with Crippen molar-refractivity contribution < 1.29 is 9.53 Å². The van der Waals surface area contributed by atoms with Crippen molar-refractivity contribution in [3.8, 4) is 6.07 Å². The molecule has 1 aliphatic heterocycles. The number of nitriles is 1. The average molecular weight is 198 g/mol. The smallest absolute Gasteiger partial charge is 0.351 e. The number of carbonyl (C=O) groups excluding carboxylic acids is 1. The third-order valence-electron chi connectivity index (χ3n) is 1.20. The highest BCUT2D eigenvalue weighted by molar-refractivity contribution is 8.01. The van der Waals surface area contributed by atoms with Gasteiger partial charge >= 0.3 is 5.97 Å². The Morgan fingerprint density at radius 3 is 2.85 bits per heavy atom. The zero-order valence-corrected chi connectivity index (χ0v) is 7.83.